The second-order valence-corrected chi connectivity index (χ2v) is 5.28. The molecule has 25 heavy (non-hydrogen) atoms. The van der Waals surface area contributed by atoms with Crippen LogP contribution in [0.1, 0.15) is 17.4 Å². The Bertz CT molecular complexity index is 672. The zero-order valence-electron chi connectivity index (χ0n) is 14.2. The highest BCUT2D eigenvalue weighted by molar-refractivity contribution is 5.75. The Morgan fingerprint density at radius 3 is 2.32 bits per heavy atom. The molecule has 0 aromatic heterocycles. The number of carbonyl (C=O) groups excluding carboxylic acids is 2. The van der Waals surface area contributed by atoms with E-state index in [4.69, 9.17) is 14.2 Å². The second-order valence-electron chi connectivity index (χ2n) is 5.28. The van der Waals surface area contributed by atoms with E-state index in [0.29, 0.717) is 24.1 Å². The van der Waals surface area contributed by atoms with E-state index in [2.05, 4.69) is 5.32 Å². The third-order valence-corrected chi connectivity index (χ3v) is 3.67. The van der Waals surface area contributed by atoms with Gasteiger partial charge in [0.25, 0.3) is 0 Å². The van der Waals surface area contributed by atoms with Crippen molar-refractivity contribution < 1.29 is 23.8 Å². The van der Waals surface area contributed by atoms with Crippen LogP contribution < -0.4 is 10.1 Å². The summed E-state index contributed by atoms with van der Waals surface area (Å²) < 4.78 is 15.8. The van der Waals surface area contributed by atoms with Crippen molar-refractivity contribution in [1.29, 1.82) is 0 Å². The predicted molar refractivity (Wildman–Crippen MR) is 92.0 cm³/mol. The fraction of sp³-hybridized carbons (Fsp3) is 0.263. The van der Waals surface area contributed by atoms with Gasteiger partial charge in [0.1, 0.15) is 5.75 Å². The van der Waals surface area contributed by atoms with Crippen LogP contribution in [0.15, 0.2) is 54.6 Å². The fourth-order valence-corrected chi connectivity index (χ4v) is 2.37. The Hall–Kier alpha value is -2.86. The number of hydrogen-bond acceptors (Lipinski definition) is 5. The molecule has 0 spiro atoms. The van der Waals surface area contributed by atoms with E-state index in [1.165, 1.54) is 7.11 Å². The average molecular weight is 343 g/mol. The normalized spacial score (nSPS) is 12.7. The van der Waals surface area contributed by atoms with Gasteiger partial charge in [-0.05, 0) is 17.7 Å². The molecule has 132 valence electrons. The molecule has 0 aliphatic heterocycles. The lowest BCUT2D eigenvalue weighted by atomic mass is 10.1. The molecule has 2 unspecified atom stereocenters. The van der Waals surface area contributed by atoms with Crippen molar-refractivity contribution in [1.82, 2.24) is 5.32 Å². The summed E-state index contributed by atoms with van der Waals surface area (Å²) in [6.07, 6.45) is -0.768. The Morgan fingerprint density at radius 1 is 1.08 bits per heavy atom. The lowest BCUT2D eigenvalue weighted by molar-refractivity contribution is -0.160. The molecule has 6 nitrogen and oxygen atoms in total. The maximum atomic E-state index is 12.1. The minimum absolute atomic E-state index is 0.334. The third-order valence-electron chi connectivity index (χ3n) is 3.67. The highest BCUT2D eigenvalue weighted by Gasteiger charge is 2.25. The standard InChI is InChI=1S/C19H21NO5/c1-23-16-10-8-15(9-11-16)18(20-13-21)25-17(19(22)24-2)12-14-6-4-3-5-7-14/h3-11,13,17-18H,12H2,1-2H3,(H,20,21). The zero-order valence-corrected chi connectivity index (χ0v) is 14.2. The number of amides is 1. The Labute approximate surface area is 146 Å². The number of carbonyl (C=O) groups is 2. The van der Waals surface area contributed by atoms with Gasteiger partial charge in [-0.25, -0.2) is 4.79 Å². The highest BCUT2D eigenvalue weighted by atomic mass is 16.6. The Kier molecular flexibility index (Phi) is 6.98. The van der Waals surface area contributed by atoms with Gasteiger partial charge in [0.15, 0.2) is 12.3 Å². The second kappa shape index (κ2) is 9.44. The maximum absolute atomic E-state index is 12.1. The largest absolute Gasteiger partial charge is 0.497 e. The van der Waals surface area contributed by atoms with E-state index in [-0.39, 0.29) is 0 Å². The predicted octanol–water partition coefficient (Wildman–Crippen LogP) is 2.24. The van der Waals surface area contributed by atoms with Crippen molar-refractivity contribution in [2.75, 3.05) is 14.2 Å². The van der Waals surface area contributed by atoms with Crippen molar-refractivity contribution in [3.8, 4) is 5.75 Å². The first kappa shape index (κ1) is 18.5. The van der Waals surface area contributed by atoms with Crippen LogP contribution in [0.5, 0.6) is 5.75 Å². The average Bonchev–Trinajstić information content (AvgIpc) is 2.67. The molecule has 1 amide bonds. The van der Waals surface area contributed by atoms with Crippen molar-refractivity contribution in [3.63, 3.8) is 0 Å². The van der Waals surface area contributed by atoms with E-state index in [1.54, 1.807) is 31.4 Å². The number of rotatable bonds is 9. The fourth-order valence-electron chi connectivity index (χ4n) is 2.37. The van der Waals surface area contributed by atoms with Gasteiger partial charge < -0.3 is 19.5 Å². The monoisotopic (exact) mass is 343 g/mol. The van der Waals surface area contributed by atoms with E-state index < -0.39 is 18.3 Å². The molecule has 0 saturated heterocycles. The van der Waals surface area contributed by atoms with E-state index in [1.807, 2.05) is 30.3 Å². The topological polar surface area (TPSA) is 73.9 Å². The van der Waals surface area contributed by atoms with Gasteiger partial charge in [-0.2, -0.15) is 0 Å². The third kappa shape index (κ3) is 5.32. The number of benzene rings is 2. The first-order valence-corrected chi connectivity index (χ1v) is 7.78. The molecule has 0 fully saturated rings. The van der Waals surface area contributed by atoms with Gasteiger partial charge in [-0.15, -0.1) is 0 Å². The molecule has 0 heterocycles. The highest BCUT2D eigenvalue weighted by Crippen LogP contribution is 2.21. The quantitative estimate of drug-likeness (QED) is 0.429. The summed E-state index contributed by atoms with van der Waals surface area (Å²) in [5, 5.41) is 2.58. The molecular formula is C19H21NO5. The molecule has 0 radical (unpaired) electrons. The van der Waals surface area contributed by atoms with Crippen LogP contribution in [0.3, 0.4) is 0 Å². The van der Waals surface area contributed by atoms with Crippen molar-refractivity contribution in [3.05, 3.63) is 65.7 Å². The maximum Gasteiger partial charge on any atom is 0.335 e. The van der Waals surface area contributed by atoms with Gasteiger partial charge in [0.2, 0.25) is 6.41 Å². The summed E-state index contributed by atoms with van der Waals surface area (Å²) in [5.41, 5.74) is 1.62. The minimum Gasteiger partial charge on any atom is -0.497 e. The van der Waals surface area contributed by atoms with E-state index >= 15 is 0 Å². The van der Waals surface area contributed by atoms with Crippen LogP contribution in [0.4, 0.5) is 0 Å². The molecule has 0 aliphatic rings. The molecular weight excluding hydrogens is 322 g/mol. The number of ether oxygens (including phenoxy) is 3. The Balaban J connectivity index is 2.19. The van der Waals surface area contributed by atoms with Crippen molar-refractivity contribution >= 4 is 12.4 Å². The van der Waals surface area contributed by atoms with Gasteiger partial charge in [-0.1, -0.05) is 42.5 Å². The summed E-state index contributed by atoms with van der Waals surface area (Å²) >= 11 is 0. The number of esters is 1. The molecule has 0 saturated carbocycles. The van der Waals surface area contributed by atoms with Gasteiger partial charge in [-0.3, -0.25) is 4.79 Å². The lowest BCUT2D eigenvalue weighted by Crippen LogP contribution is -2.34. The smallest absolute Gasteiger partial charge is 0.335 e. The number of methoxy groups -OCH3 is 2. The molecule has 2 atom stereocenters. The summed E-state index contributed by atoms with van der Waals surface area (Å²) in [4.78, 5) is 23.1. The lowest BCUT2D eigenvalue weighted by Gasteiger charge is -2.23. The molecule has 2 aromatic rings. The summed E-state index contributed by atoms with van der Waals surface area (Å²) in [7, 11) is 2.87. The first-order chi connectivity index (χ1) is 12.2. The molecule has 0 bridgehead atoms. The number of hydrogen-bond donors (Lipinski definition) is 1. The molecule has 2 aromatic carbocycles. The van der Waals surface area contributed by atoms with Crippen LogP contribution >= 0.6 is 0 Å². The summed E-state index contributed by atoms with van der Waals surface area (Å²) in [6, 6.07) is 16.5. The summed E-state index contributed by atoms with van der Waals surface area (Å²) in [5.74, 6) is 0.178. The van der Waals surface area contributed by atoms with Crippen LogP contribution in [0.2, 0.25) is 0 Å². The minimum atomic E-state index is -0.855. The molecule has 0 aliphatic carbocycles. The van der Waals surface area contributed by atoms with Crippen LogP contribution in [0, 0.1) is 0 Å². The van der Waals surface area contributed by atoms with E-state index in [9.17, 15) is 9.59 Å². The van der Waals surface area contributed by atoms with E-state index in [0.717, 1.165) is 5.56 Å². The van der Waals surface area contributed by atoms with Gasteiger partial charge in [0.05, 0.1) is 14.2 Å². The Morgan fingerprint density at radius 2 is 1.76 bits per heavy atom. The van der Waals surface area contributed by atoms with Crippen molar-refractivity contribution in [2.24, 2.45) is 0 Å². The van der Waals surface area contributed by atoms with Gasteiger partial charge >= 0.3 is 5.97 Å². The number of nitrogens with one attached hydrogen (secondary N) is 1. The SMILES string of the molecule is COC(=O)C(Cc1ccccc1)OC(NC=O)c1ccc(OC)cc1. The van der Waals surface area contributed by atoms with Crippen molar-refractivity contribution in [2.45, 2.75) is 18.8 Å². The van der Waals surface area contributed by atoms with Crippen LogP contribution in [0.25, 0.3) is 0 Å². The molecule has 2 rings (SSSR count). The van der Waals surface area contributed by atoms with Gasteiger partial charge in [0, 0.05) is 12.0 Å². The first-order valence-electron chi connectivity index (χ1n) is 7.78. The molecule has 1 N–H and O–H groups in total. The molecule has 6 heteroatoms. The van der Waals surface area contributed by atoms with Crippen LogP contribution in [-0.4, -0.2) is 32.7 Å². The zero-order chi connectivity index (χ0) is 18.1. The van der Waals surface area contributed by atoms with Crippen LogP contribution in [-0.2, 0) is 25.5 Å². The summed E-state index contributed by atoms with van der Waals surface area (Å²) in [6.45, 7) is 0.